The van der Waals surface area contributed by atoms with E-state index in [-0.39, 0.29) is 29.4 Å². The number of carbonyl (C=O) groups excluding carboxylic acids is 2. The average Bonchev–Trinajstić information content (AvgIpc) is 2.87. The highest BCUT2D eigenvalue weighted by molar-refractivity contribution is 7.89. The van der Waals surface area contributed by atoms with Gasteiger partial charge in [0.2, 0.25) is 15.9 Å². The van der Waals surface area contributed by atoms with Crippen LogP contribution < -0.4 is 5.32 Å². The third kappa shape index (κ3) is 2.96. The molecule has 124 valence electrons. The van der Waals surface area contributed by atoms with E-state index in [4.69, 9.17) is 0 Å². The molecule has 7 nitrogen and oxygen atoms in total. The van der Waals surface area contributed by atoms with Gasteiger partial charge in [0, 0.05) is 19.1 Å². The largest absolute Gasteiger partial charge is 0.329 e. The Morgan fingerprint density at radius 2 is 1.70 bits per heavy atom. The summed E-state index contributed by atoms with van der Waals surface area (Å²) in [6.45, 7) is 2.54. The quantitative estimate of drug-likeness (QED) is 0.823. The fourth-order valence-electron chi connectivity index (χ4n) is 3.00. The molecular weight excluding hydrogens is 318 g/mol. The predicted molar refractivity (Wildman–Crippen MR) is 83.2 cm³/mol. The molecule has 1 aromatic rings. The molecule has 0 radical (unpaired) electrons. The minimum absolute atomic E-state index is 0.0285. The molecule has 3 rings (SSSR count). The third-order valence-corrected chi connectivity index (χ3v) is 6.24. The van der Waals surface area contributed by atoms with Gasteiger partial charge in [0.15, 0.2) is 0 Å². The molecule has 3 amide bonds. The lowest BCUT2D eigenvalue weighted by Gasteiger charge is -2.34. The number of hydrogen-bond donors (Lipinski definition) is 1. The van der Waals surface area contributed by atoms with E-state index in [1.807, 2.05) is 6.92 Å². The zero-order valence-corrected chi connectivity index (χ0v) is 13.7. The highest BCUT2D eigenvalue weighted by Gasteiger charge is 2.38. The Morgan fingerprint density at radius 1 is 1.09 bits per heavy atom. The monoisotopic (exact) mass is 337 g/mol. The fraction of sp³-hybridized carbons (Fsp3) is 0.467. The van der Waals surface area contributed by atoms with Gasteiger partial charge in [-0.05, 0) is 31.9 Å². The summed E-state index contributed by atoms with van der Waals surface area (Å²) in [7, 11) is -3.52. The van der Waals surface area contributed by atoms with Crippen molar-refractivity contribution < 1.29 is 18.0 Å². The topological polar surface area (TPSA) is 86.8 Å². The van der Waals surface area contributed by atoms with Gasteiger partial charge in [-0.2, -0.15) is 4.31 Å². The summed E-state index contributed by atoms with van der Waals surface area (Å²) in [6, 6.07) is 6.14. The highest BCUT2D eigenvalue weighted by Crippen LogP contribution is 2.24. The van der Waals surface area contributed by atoms with Crippen LogP contribution in [0.1, 0.15) is 18.4 Å². The van der Waals surface area contributed by atoms with Gasteiger partial charge in [0.1, 0.15) is 0 Å². The number of amides is 3. The molecule has 0 unspecified atom stereocenters. The molecule has 23 heavy (non-hydrogen) atoms. The van der Waals surface area contributed by atoms with Gasteiger partial charge in [-0.15, -0.1) is 0 Å². The van der Waals surface area contributed by atoms with Gasteiger partial charge in [-0.25, -0.2) is 13.2 Å². The Labute approximate surface area is 135 Å². The normalized spacial score (nSPS) is 20.8. The van der Waals surface area contributed by atoms with Gasteiger partial charge >= 0.3 is 6.03 Å². The standard InChI is InChI=1S/C15H19N3O4S/c1-11-2-4-13(5-3-11)23(21,22)17-8-6-12(7-9-17)18-14(19)10-16-15(18)20/h2-5,12H,6-10H2,1H3,(H,16,20). The van der Waals surface area contributed by atoms with Crippen LogP contribution in [0.3, 0.4) is 0 Å². The van der Waals surface area contributed by atoms with E-state index in [0.717, 1.165) is 5.56 Å². The number of imide groups is 1. The van der Waals surface area contributed by atoms with Crippen LogP contribution in [0.5, 0.6) is 0 Å². The van der Waals surface area contributed by atoms with Crippen molar-refractivity contribution in [3.63, 3.8) is 0 Å². The summed E-state index contributed by atoms with van der Waals surface area (Å²) >= 11 is 0. The Kier molecular flexibility index (Phi) is 4.11. The SMILES string of the molecule is Cc1ccc(S(=O)(=O)N2CCC(N3C(=O)CNC3=O)CC2)cc1. The summed E-state index contributed by atoms with van der Waals surface area (Å²) in [5.41, 5.74) is 1.00. The first kappa shape index (κ1) is 15.9. The van der Waals surface area contributed by atoms with E-state index in [1.54, 1.807) is 24.3 Å². The Morgan fingerprint density at radius 3 is 2.22 bits per heavy atom. The van der Waals surface area contributed by atoms with Crippen molar-refractivity contribution in [1.29, 1.82) is 0 Å². The van der Waals surface area contributed by atoms with E-state index in [2.05, 4.69) is 5.32 Å². The lowest BCUT2D eigenvalue weighted by atomic mass is 10.1. The van der Waals surface area contributed by atoms with Gasteiger partial charge in [-0.3, -0.25) is 9.69 Å². The van der Waals surface area contributed by atoms with Crippen molar-refractivity contribution in [2.45, 2.75) is 30.7 Å². The molecule has 0 atom stereocenters. The van der Waals surface area contributed by atoms with Gasteiger partial charge < -0.3 is 5.32 Å². The van der Waals surface area contributed by atoms with Gasteiger partial charge in [-0.1, -0.05) is 17.7 Å². The molecule has 2 saturated heterocycles. The number of rotatable bonds is 3. The number of carbonyl (C=O) groups is 2. The zero-order chi connectivity index (χ0) is 16.6. The lowest BCUT2D eigenvalue weighted by molar-refractivity contribution is -0.127. The molecule has 8 heteroatoms. The Hall–Kier alpha value is -1.93. The highest BCUT2D eigenvalue weighted by atomic mass is 32.2. The number of aryl methyl sites for hydroxylation is 1. The van der Waals surface area contributed by atoms with E-state index in [1.165, 1.54) is 9.21 Å². The summed E-state index contributed by atoms with van der Waals surface area (Å²) in [6.07, 6.45) is 0.925. The molecule has 0 saturated carbocycles. The summed E-state index contributed by atoms with van der Waals surface area (Å²) in [4.78, 5) is 24.9. The van der Waals surface area contributed by atoms with Crippen molar-refractivity contribution in [2.24, 2.45) is 0 Å². The maximum absolute atomic E-state index is 12.6. The van der Waals surface area contributed by atoms with Crippen LogP contribution in [0.2, 0.25) is 0 Å². The molecule has 2 heterocycles. The molecule has 0 bridgehead atoms. The maximum Gasteiger partial charge on any atom is 0.324 e. The van der Waals surface area contributed by atoms with E-state index in [0.29, 0.717) is 25.9 Å². The van der Waals surface area contributed by atoms with Crippen molar-refractivity contribution >= 4 is 22.0 Å². The second kappa shape index (κ2) is 5.93. The molecule has 2 aliphatic rings. The first-order chi connectivity index (χ1) is 10.9. The predicted octanol–water partition coefficient (Wildman–Crippen LogP) is 0.700. The van der Waals surface area contributed by atoms with Crippen molar-refractivity contribution in [3.05, 3.63) is 29.8 Å². The number of nitrogens with zero attached hydrogens (tertiary/aromatic N) is 2. The number of urea groups is 1. The van der Waals surface area contributed by atoms with Gasteiger partial charge in [0.25, 0.3) is 0 Å². The fourth-order valence-corrected chi connectivity index (χ4v) is 4.47. The van der Waals surface area contributed by atoms with Gasteiger partial charge in [0.05, 0.1) is 11.4 Å². The molecule has 1 N–H and O–H groups in total. The number of piperidine rings is 1. The van der Waals surface area contributed by atoms with E-state index < -0.39 is 10.0 Å². The van der Waals surface area contributed by atoms with E-state index in [9.17, 15) is 18.0 Å². The average molecular weight is 337 g/mol. The molecule has 2 fully saturated rings. The first-order valence-electron chi connectivity index (χ1n) is 7.56. The number of sulfonamides is 1. The third-order valence-electron chi connectivity index (χ3n) is 4.33. The first-order valence-corrected chi connectivity index (χ1v) is 9.00. The molecular formula is C15H19N3O4S. The molecule has 0 aliphatic carbocycles. The lowest BCUT2D eigenvalue weighted by Crippen LogP contribution is -2.48. The summed E-state index contributed by atoms with van der Waals surface area (Å²) in [5.74, 6) is -0.241. The molecule has 1 aromatic carbocycles. The summed E-state index contributed by atoms with van der Waals surface area (Å²) < 4.78 is 26.7. The van der Waals surface area contributed by atoms with Crippen LogP contribution in [0.25, 0.3) is 0 Å². The molecule has 2 aliphatic heterocycles. The molecule has 0 spiro atoms. The van der Waals surface area contributed by atoms with Crippen LogP contribution in [0.4, 0.5) is 4.79 Å². The van der Waals surface area contributed by atoms with Crippen LogP contribution in [0.15, 0.2) is 29.2 Å². The van der Waals surface area contributed by atoms with Crippen molar-refractivity contribution in [1.82, 2.24) is 14.5 Å². The second-order valence-corrected chi connectivity index (χ2v) is 7.81. The van der Waals surface area contributed by atoms with Crippen LogP contribution in [-0.4, -0.2) is 55.2 Å². The van der Waals surface area contributed by atoms with Crippen molar-refractivity contribution in [3.8, 4) is 0 Å². The van der Waals surface area contributed by atoms with Crippen LogP contribution in [-0.2, 0) is 14.8 Å². The minimum Gasteiger partial charge on any atom is -0.329 e. The number of nitrogens with one attached hydrogen (secondary N) is 1. The smallest absolute Gasteiger partial charge is 0.324 e. The maximum atomic E-state index is 12.6. The minimum atomic E-state index is -3.52. The Bertz CT molecular complexity index is 706. The Balaban J connectivity index is 1.70. The van der Waals surface area contributed by atoms with Crippen molar-refractivity contribution in [2.75, 3.05) is 19.6 Å². The van der Waals surface area contributed by atoms with Crippen LogP contribution >= 0.6 is 0 Å². The second-order valence-electron chi connectivity index (χ2n) is 5.87. The number of hydrogen-bond acceptors (Lipinski definition) is 4. The summed E-state index contributed by atoms with van der Waals surface area (Å²) in [5, 5.41) is 2.49. The van der Waals surface area contributed by atoms with E-state index >= 15 is 0 Å². The number of benzene rings is 1. The molecule has 0 aromatic heterocycles. The zero-order valence-electron chi connectivity index (χ0n) is 12.9. The van der Waals surface area contributed by atoms with Crippen LogP contribution in [0, 0.1) is 6.92 Å².